The van der Waals surface area contributed by atoms with Gasteiger partial charge in [0.2, 0.25) is 0 Å². The Balaban J connectivity index is 1.25. The fourth-order valence-corrected chi connectivity index (χ4v) is 3.75. The second-order valence-electron chi connectivity index (χ2n) is 8.14. The molecular formula is C28H22N4O5. The summed E-state index contributed by atoms with van der Waals surface area (Å²) in [6.45, 7) is 0.332. The van der Waals surface area contributed by atoms with Crippen molar-refractivity contribution in [3.8, 4) is 22.7 Å². The molecule has 0 atom stereocenters. The van der Waals surface area contributed by atoms with Crippen LogP contribution in [0.15, 0.2) is 108 Å². The van der Waals surface area contributed by atoms with E-state index in [0.717, 1.165) is 22.5 Å². The standard InChI is InChI=1S/C28H22N4O5/c33-28(26-16-15-25(37-26)19-36-24-13-11-23(12-14-24)32(34)35)29-17-21-18-31(22-9-5-2-6-10-22)30-27(21)20-7-3-1-4-8-20/h1-16,18H,17,19H2,(H,29,33). The maximum atomic E-state index is 12.8. The summed E-state index contributed by atoms with van der Waals surface area (Å²) in [6.07, 6.45) is 1.91. The average molecular weight is 495 g/mol. The highest BCUT2D eigenvalue weighted by atomic mass is 16.6. The fourth-order valence-electron chi connectivity index (χ4n) is 3.75. The number of rotatable bonds is 9. The highest BCUT2D eigenvalue weighted by molar-refractivity contribution is 5.91. The van der Waals surface area contributed by atoms with E-state index in [4.69, 9.17) is 14.3 Å². The molecule has 37 heavy (non-hydrogen) atoms. The third-order valence-corrected chi connectivity index (χ3v) is 5.61. The second-order valence-corrected chi connectivity index (χ2v) is 8.14. The van der Waals surface area contributed by atoms with Crippen molar-refractivity contribution in [2.24, 2.45) is 0 Å². The van der Waals surface area contributed by atoms with Crippen LogP contribution < -0.4 is 10.1 Å². The monoisotopic (exact) mass is 494 g/mol. The van der Waals surface area contributed by atoms with Gasteiger partial charge in [-0.15, -0.1) is 0 Å². The van der Waals surface area contributed by atoms with Gasteiger partial charge in [0.05, 0.1) is 16.3 Å². The Morgan fingerprint density at radius 1 is 0.946 bits per heavy atom. The molecule has 9 nitrogen and oxygen atoms in total. The van der Waals surface area contributed by atoms with Gasteiger partial charge in [-0.3, -0.25) is 14.9 Å². The average Bonchev–Trinajstić information content (AvgIpc) is 3.59. The molecule has 2 aromatic heterocycles. The van der Waals surface area contributed by atoms with Crippen LogP contribution in [0.1, 0.15) is 21.9 Å². The van der Waals surface area contributed by atoms with Gasteiger partial charge in [0.1, 0.15) is 18.1 Å². The van der Waals surface area contributed by atoms with Crippen molar-refractivity contribution in [3.63, 3.8) is 0 Å². The molecular weight excluding hydrogens is 472 g/mol. The van der Waals surface area contributed by atoms with Gasteiger partial charge in [0, 0.05) is 36.0 Å². The van der Waals surface area contributed by atoms with E-state index < -0.39 is 4.92 Å². The first-order chi connectivity index (χ1) is 18.1. The number of ether oxygens (including phenoxy) is 1. The van der Waals surface area contributed by atoms with Crippen molar-refractivity contribution in [2.75, 3.05) is 0 Å². The predicted octanol–water partition coefficient (Wildman–Crippen LogP) is 5.55. The van der Waals surface area contributed by atoms with Crippen molar-refractivity contribution in [1.82, 2.24) is 15.1 Å². The molecule has 5 rings (SSSR count). The number of carbonyl (C=O) groups is 1. The first kappa shape index (κ1) is 23.6. The third-order valence-electron chi connectivity index (χ3n) is 5.61. The molecule has 0 aliphatic heterocycles. The van der Waals surface area contributed by atoms with Crippen molar-refractivity contribution >= 4 is 11.6 Å². The molecule has 0 fully saturated rings. The number of aromatic nitrogens is 2. The van der Waals surface area contributed by atoms with Crippen LogP contribution in [-0.4, -0.2) is 20.6 Å². The lowest BCUT2D eigenvalue weighted by molar-refractivity contribution is -0.384. The van der Waals surface area contributed by atoms with Crippen molar-refractivity contribution < 1.29 is 18.9 Å². The Hall–Kier alpha value is -5.18. The van der Waals surface area contributed by atoms with Gasteiger partial charge >= 0.3 is 0 Å². The summed E-state index contributed by atoms with van der Waals surface area (Å²) < 4.78 is 13.0. The zero-order chi connectivity index (χ0) is 25.6. The number of benzene rings is 3. The Bertz CT molecular complexity index is 1510. The topological polar surface area (TPSA) is 112 Å². The van der Waals surface area contributed by atoms with Gasteiger partial charge in [-0.25, -0.2) is 4.68 Å². The minimum atomic E-state index is -0.476. The summed E-state index contributed by atoms with van der Waals surface area (Å²) >= 11 is 0. The van der Waals surface area contributed by atoms with E-state index in [2.05, 4.69) is 5.32 Å². The van der Waals surface area contributed by atoms with E-state index in [1.165, 1.54) is 24.3 Å². The lowest BCUT2D eigenvalue weighted by Crippen LogP contribution is -2.22. The molecule has 0 saturated heterocycles. The summed E-state index contributed by atoms with van der Waals surface area (Å²) in [4.78, 5) is 23.1. The van der Waals surface area contributed by atoms with Gasteiger partial charge < -0.3 is 14.5 Å². The summed E-state index contributed by atoms with van der Waals surface area (Å²) in [5, 5.41) is 18.4. The van der Waals surface area contributed by atoms with Gasteiger partial charge in [0.25, 0.3) is 11.6 Å². The van der Waals surface area contributed by atoms with E-state index in [1.54, 1.807) is 16.8 Å². The van der Waals surface area contributed by atoms with E-state index in [0.29, 0.717) is 11.5 Å². The van der Waals surface area contributed by atoms with Crippen molar-refractivity contribution in [2.45, 2.75) is 13.2 Å². The molecule has 9 heteroatoms. The summed E-state index contributed by atoms with van der Waals surface area (Å²) in [7, 11) is 0. The molecule has 0 saturated carbocycles. The first-order valence-corrected chi connectivity index (χ1v) is 11.5. The van der Waals surface area contributed by atoms with Gasteiger partial charge in [-0.1, -0.05) is 48.5 Å². The molecule has 0 aliphatic carbocycles. The largest absolute Gasteiger partial charge is 0.486 e. The number of non-ortho nitro benzene ring substituents is 1. The van der Waals surface area contributed by atoms with E-state index >= 15 is 0 Å². The van der Waals surface area contributed by atoms with E-state index in [1.807, 2.05) is 66.9 Å². The molecule has 0 radical (unpaired) electrons. The fraction of sp³-hybridized carbons (Fsp3) is 0.0714. The zero-order valence-corrected chi connectivity index (χ0v) is 19.6. The van der Waals surface area contributed by atoms with Crippen molar-refractivity contribution in [3.05, 3.63) is 130 Å². The first-order valence-electron chi connectivity index (χ1n) is 11.5. The van der Waals surface area contributed by atoms with Crippen LogP contribution in [0.4, 0.5) is 5.69 Å². The molecule has 0 bridgehead atoms. The van der Waals surface area contributed by atoms with Crippen LogP contribution in [0.25, 0.3) is 16.9 Å². The lowest BCUT2D eigenvalue weighted by Gasteiger charge is -2.05. The van der Waals surface area contributed by atoms with Crippen LogP contribution in [0.3, 0.4) is 0 Å². The van der Waals surface area contributed by atoms with Gasteiger partial charge in [0.15, 0.2) is 5.76 Å². The molecule has 2 heterocycles. The number of para-hydroxylation sites is 1. The Kier molecular flexibility index (Phi) is 6.76. The third kappa shape index (κ3) is 5.57. The highest BCUT2D eigenvalue weighted by Gasteiger charge is 2.16. The van der Waals surface area contributed by atoms with Crippen LogP contribution in [0.5, 0.6) is 5.75 Å². The Morgan fingerprint density at radius 3 is 2.35 bits per heavy atom. The number of nitrogens with zero attached hydrogens (tertiary/aromatic N) is 3. The smallest absolute Gasteiger partial charge is 0.287 e. The maximum absolute atomic E-state index is 12.8. The van der Waals surface area contributed by atoms with Crippen LogP contribution in [-0.2, 0) is 13.2 Å². The predicted molar refractivity (Wildman–Crippen MR) is 136 cm³/mol. The van der Waals surface area contributed by atoms with Crippen LogP contribution in [0.2, 0.25) is 0 Å². The minimum absolute atomic E-state index is 0.0194. The number of hydrogen-bond donors (Lipinski definition) is 1. The molecule has 0 unspecified atom stereocenters. The Labute approximate surface area is 212 Å². The molecule has 1 N–H and O–H groups in total. The number of nitro benzene ring substituents is 1. The number of nitro groups is 1. The number of amides is 1. The van der Waals surface area contributed by atoms with E-state index in [9.17, 15) is 14.9 Å². The number of nitrogens with one attached hydrogen (secondary N) is 1. The second kappa shape index (κ2) is 10.6. The lowest BCUT2D eigenvalue weighted by atomic mass is 10.1. The Morgan fingerprint density at radius 2 is 1.65 bits per heavy atom. The van der Waals surface area contributed by atoms with Crippen molar-refractivity contribution in [1.29, 1.82) is 0 Å². The van der Waals surface area contributed by atoms with E-state index in [-0.39, 0.29) is 30.5 Å². The number of hydrogen-bond acceptors (Lipinski definition) is 6. The number of carbonyl (C=O) groups excluding carboxylic acids is 1. The molecule has 184 valence electrons. The molecule has 0 aliphatic rings. The van der Waals surface area contributed by atoms with Crippen LogP contribution >= 0.6 is 0 Å². The normalized spacial score (nSPS) is 10.7. The molecule has 3 aromatic carbocycles. The number of furan rings is 1. The molecule has 1 amide bonds. The quantitative estimate of drug-likeness (QED) is 0.212. The highest BCUT2D eigenvalue weighted by Crippen LogP contribution is 2.24. The van der Waals surface area contributed by atoms with Crippen LogP contribution in [0, 0.1) is 10.1 Å². The minimum Gasteiger partial charge on any atom is -0.486 e. The summed E-state index contributed by atoms with van der Waals surface area (Å²) in [5.41, 5.74) is 3.48. The SMILES string of the molecule is O=C(NCc1cn(-c2ccccc2)nc1-c1ccccc1)c1ccc(COc2ccc([N+](=O)[O-])cc2)o1. The molecule has 0 spiro atoms. The summed E-state index contributed by atoms with van der Waals surface area (Å²) in [6, 6.07) is 28.5. The zero-order valence-electron chi connectivity index (χ0n) is 19.6. The van der Waals surface area contributed by atoms with Gasteiger partial charge in [-0.05, 0) is 36.4 Å². The summed E-state index contributed by atoms with van der Waals surface area (Å²) in [5.74, 6) is 0.689. The molecule has 5 aromatic rings. The maximum Gasteiger partial charge on any atom is 0.287 e. The van der Waals surface area contributed by atoms with Gasteiger partial charge in [-0.2, -0.15) is 5.10 Å².